The first-order chi connectivity index (χ1) is 8.26. The van der Waals surface area contributed by atoms with Gasteiger partial charge in [-0.15, -0.1) is 11.3 Å². The fourth-order valence-corrected chi connectivity index (χ4v) is 2.96. The van der Waals surface area contributed by atoms with E-state index in [2.05, 4.69) is 28.2 Å². The molecule has 1 N–H and O–H groups in total. The predicted molar refractivity (Wildman–Crippen MR) is 72.8 cm³/mol. The Bertz CT molecular complexity index is 480. The summed E-state index contributed by atoms with van der Waals surface area (Å²) in [7, 11) is 1.69. The third-order valence-corrected chi connectivity index (χ3v) is 3.82. The number of halogens is 1. The Morgan fingerprint density at radius 2 is 2.29 bits per heavy atom. The van der Waals surface area contributed by atoms with Crippen LogP contribution in [0.15, 0.2) is 32.7 Å². The Morgan fingerprint density at radius 3 is 2.88 bits per heavy atom. The molecule has 0 saturated heterocycles. The fourth-order valence-electron chi connectivity index (χ4n) is 1.70. The first-order valence-electron chi connectivity index (χ1n) is 5.36. The van der Waals surface area contributed by atoms with E-state index >= 15 is 0 Å². The molecule has 0 spiro atoms. The van der Waals surface area contributed by atoms with Crippen molar-refractivity contribution in [1.82, 2.24) is 5.32 Å². The second kappa shape index (κ2) is 5.71. The summed E-state index contributed by atoms with van der Waals surface area (Å²) in [5.41, 5.74) is 0. The Labute approximate surface area is 113 Å². The highest BCUT2D eigenvalue weighted by molar-refractivity contribution is 9.10. The van der Waals surface area contributed by atoms with E-state index in [1.54, 1.807) is 18.4 Å². The first kappa shape index (κ1) is 12.7. The smallest absolute Gasteiger partial charge is 0.169 e. The molecule has 3 nitrogen and oxygen atoms in total. The molecule has 0 saturated carbocycles. The zero-order chi connectivity index (χ0) is 12.3. The van der Waals surface area contributed by atoms with E-state index in [0.717, 1.165) is 27.6 Å². The van der Waals surface area contributed by atoms with Crippen LogP contribution in [0.2, 0.25) is 0 Å². The van der Waals surface area contributed by atoms with Gasteiger partial charge < -0.3 is 14.5 Å². The number of rotatable bonds is 5. The number of thiophene rings is 1. The molecule has 0 radical (unpaired) electrons. The van der Waals surface area contributed by atoms with Crippen molar-refractivity contribution >= 4 is 27.3 Å². The van der Waals surface area contributed by atoms with Crippen LogP contribution in [0, 0.1) is 0 Å². The molecule has 2 rings (SSSR count). The van der Waals surface area contributed by atoms with Crippen LogP contribution in [0.4, 0.5) is 0 Å². The molecular formula is C12H14BrNO2S. The second-order valence-corrected chi connectivity index (χ2v) is 5.22. The van der Waals surface area contributed by atoms with Gasteiger partial charge in [-0.05, 0) is 46.1 Å². The van der Waals surface area contributed by atoms with Crippen molar-refractivity contribution < 1.29 is 9.15 Å². The largest absolute Gasteiger partial charge is 0.496 e. The molecular weight excluding hydrogens is 302 g/mol. The Balaban J connectivity index is 2.35. The topological polar surface area (TPSA) is 34.4 Å². The highest BCUT2D eigenvalue weighted by atomic mass is 79.9. The molecule has 0 aliphatic carbocycles. The van der Waals surface area contributed by atoms with Gasteiger partial charge in [0.05, 0.1) is 12.0 Å². The molecule has 0 aromatic carbocycles. The Hall–Kier alpha value is -0.780. The van der Waals surface area contributed by atoms with Crippen LogP contribution in [0.5, 0.6) is 5.75 Å². The molecule has 1 atom stereocenters. The Kier molecular flexibility index (Phi) is 4.25. The van der Waals surface area contributed by atoms with Gasteiger partial charge in [0.25, 0.3) is 0 Å². The lowest BCUT2D eigenvalue weighted by Crippen LogP contribution is -2.21. The van der Waals surface area contributed by atoms with Gasteiger partial charge in [-0.1, -0.05) is 6.92 Å². The molecule has 92 valence electrons. The number of nitrogens with one attached hydrogen (secondary N) is 1. The fraction of sp³-hybridized carbons (Fsp3) is 0.333. The number of furan rings is 1. The summed E-state index contributed by atoms with van der Waals surface area (Å²) in [6.45, 7) is 2.94. The molecule has 0 aliphatic heterocycles. The molecule has 2 aromatic rings. The van der Waals surface area contributed by atoms with Crippen molar-refractivity contribution in [2.75, 3.05) is 13.7 Å². The van der Waals surface area contributed by atoms with Crippen LogP contribution in [0.1, 0.15) is 23.6 Å². The third-order valence-electron chi connectivity index (χ3n) is 2.43. The van der Waals surface area contributed by atoms with E-state index in [4.69, 9.17) is 9.15 Å². The monoisotopic (exact) mass is 315 g/mol. The predicted octanol–water partition coefficient (Wildman–Crippen LogP) is 3.81. The zero-order valence-electron chi connectivity index (χ0n) is 9.70. The maximum Gasteiger partial charge on any atom is 0.169 e. The number of hydrogen-bond acceptors (Lipinski definition) is 4. The molecule has 5 heteroatoms. The highest BCUT2D eigenvalue weighted by Crippen LogP contribution is 2.35. The summed E-state index contributed by atoms with van der Waals surface area (Å²) in [6.07, 6.45) is 0. The minimum atomic E-state index is 0.0428. The van der Waals surface area contributed by atoms with Gasteiger partial charge in [-0.25, -0.2) is 0 Å². The molecule has 1 unspecified atom stereocenters. The average Bonchev–Trinajstić information content (AvgIpc) is 2.94. The van der Waals surface area contributed by atoms with Crippen LogP contribution in [-0.2, 0) is 0 Å². The van der Waals surface area contributed by atoms with Crippen LogP contribution in [-0.4, -0.2) is 13.7 Å². The lowest BCUT2D eigenvalue weighted by molar-refractivity contribution is 0.396. The maximum atomic E-state index is 5.63. The van der Waals surface area contributed by atoms with E-state index < -0.39 is 0 Å². The van der Waals surface area contributed by atoms with Crippen molar-refractivity contribution in [2.45, 2.75) is 13.0 Å². The van der Waals surface area contributed by atoms with Gasteiger partial charge in [0.2, 0.25) is 0 Å². The van der Waals surface area contributed by atoms with Crippen molar-refractivity contribution in [3.63, 3.8) is 0 Å². The number of hydrogen-bond donors (Lipinski definition) is 1. The molecule has 17 heavy (non-hydrogen) atoms. The van der Waals surface area contributed by atoms with Crippen molar-refractivity contribution in [1.29, 1.82) is 0 Å². The van der Waals surface area contributed by atoms with E-state index in [-0.39, 0.29) is 6.04 Å². The van der Waals surface area contributed by atoms with Gasteiger partial charge in [0, 0.05) is 0 Å². The summed E-state index contributed by atoms with van der Waals surface area (Å²) in [4.78, 5) is 1.14. The van der Waals surface area contributed by atoms with E-state index in [9.17, 15) is 0 Å². The van der Waals surface area contributed by atoms with Gasteiger partial charge >= 0.3 is 0 Å². The second-order valence-electron chi connectivity index (χ2n) is 3.49. The van der Waals surface area contributed by atoms with Crippen molar-refractivity contribution in [2.24, 2.45) is 0 Å². The SMILES string of the molecule is CCNC(c1ccc(Br)o1)c1sccc1OC. The number of ether oxygens (including phenoxy) is 1. The summed E-state index contributed by atoms with van der Waals surface area (Å²) in [6, 6.07) is 5.89. The van der Waals surface area contributed by atoms with E-state index in [1.807, 2.05) is 23.6 Å². The molecule has 0 fully saturated rings. The summed E-state index contributed by atoms with van der Waals surface area (Å²) in [5, 5.41) is 5.43. The Morgan fingerprint density at radius 1 is 1.47 bits per heavy atom. The van der Waals surface area contributed by atoms with Crippen LogP contribution in [0.25, 0.3) is 0 Å². The van der Waals surface area contributed by atoms with Crippen LogP contribution in [0.3, 0.4) is 0 Å². The van der Waals surface area contributed by atoms with Crippen molar-refractivity contribution in [3.8, 4) is 5.75 Å². The molecule has 0 bridgehead atoms. The lowest BCUT2D eigenvalue weighted by Gasteiger charge is -2.15. The summed E-state index contributed by atoms with van der Waals surface area (Å²) in [5.74, 6) is 1.79. The highest BCUT2D eigenvalue weighted by Gasteiger charge is 2.21. The normalized spacial score (nSPS) is 12.6. The maximum absolute atomic E-state index is 5.63. The molecule has 0 amide bonds. The summed E-state index contributed by atoms with van der Waals surface area (Å²) >= 11 is 4.99. The zero-order valence-corrected chi connectivity index (χ0v) is 12.1. The van der Waals surface area contributed by atoms with Crippen LogP contribution >= 0.6 is 27.3 Å². The minimum absolute atomic E-state index is 0.0428. The first-order valence-corrected chi connectivity index (χ1v) is 7.03. The number of methoxy groups -OCH3 is 1. The molecule has 2 aromatic heterocycles. The molecule has 0 aliphatic rings. The minimum Gasteiger partial charge on any atom is -0.496 e. The van der Waals surface area contributed by atoms with E-state index in [0.29, 0.717) is 0 Å². The van der Waals surface area contributed by atoms with Crippen molar-refractivity contribution in [3.05, 3.63) is 38.9 Å². The van der Waals surface area contributed by atoms with Gasteiger partial charge in [-0.3, -0.25) is 0 Å². The van der Waals surface area contributed by atoms with Gasteiger partial charge in [0.15, 0.2) is 4.67 Å². The standard InChI is InChI=1S/C12H14BrNO2S/c1-3-14-11(8-4-5-10(13)16-8)12-9(15-2)6-7-17-12/h4-7,11,14H,3H2,1-2H3. The molecule has 2 heterocycles. The van der Waals surface area contributed by atoms with Crippen LogP contribution < -0.4 is 10.1 Å². The summed E-state index contributed by atoms with van der Waals surface area (Å²) < 4.78 is 11.7. The third kappa shape index (κ3) is 2.73. The lowest BCUT2D eigenvalue weighted by atomic mass is 10.2. The van der Waals surface area contributed by atoms with Gasteiger partial charge in [-0.2, -0.15) is 0 Å². The van der Waals surface area contributed by atoms with E-state index in [1.165, 1.54) is 0 Å². The average molecular weight is 316 g/mol. The van der Waals surface area contributed by atoms with Gasteiger partial charge in [0.1, 0.15) is 17.6 Å². The quantitative estimate of drug-likeness (QED) is 0.911.